The molecule has 0 radical (unpaired) electrons. The van der Waals surface area contributed by atoms with Gasteiger partial charge in [0, 0.05) is 5.56 Å². The molecule has 3 aromatic rings. The van der Waals surface area contributed by atoms with E-state index >= 15 is 0 Å². The second kappa shape index (κ2) is 7.68. The largest absolute Gasteiger partial charge is 0.490 e. The van der Waals surface area contributed by atoms with Gasteiger partial charge in [0.1, 0.15) is 18.5 Å². The van der Waals surface area contributed by atoms with Crippen LogP contribution in [-0.2, 0) is 11.2 Å². The molecule has 28 heavy (non-hydrogen) atoms. The van der Waals surface area contributed by atoms with Crippen molar-refractivity contribution in [2.75, 3.05) is 13.2 Å². The van der Waals surface area contributed by atoms with Crippen LogP contribution in [-0.4, -0.2) is 29.5 Å². The summed E-state index contributed by atoms with van der Waals surface area (Å²) < 4.78 is 16.7. The number of thiophene rings is 1. The quantitative estimate of drug-likeness (QED) is 0.501. The molecule has 6 heteroatoms. The molecule has 1 atom stereocenters. The van der Waals surface area contributed by atoms with Crippen molar-refractivity contribution in [3.63, 3.8) is 0 Å². The van der Waals surface area contributed by atoms with Crippen molar-refractivity contribution in [2.45, 2.75) is 47.1 Å². The van der Waals surface area contributed by atoms with E-state index in [0.29, 0.717) is 24.2 Å². The standard InChI is InChI=1S/C22H26N2O3S/c1-12(2)6-17-11-28-20(15(17)5)22-23-21(24-27-22)16-7-13(3)19(14(4)8-16)26-10-18-9-25-18/h7-8,11-12,18H,6,9-10H2,1-5H3. The van der Waals surface area contributed by atoms with E-state index < -0.39 is 0 Å². The van der Waals surface area contributed by atoms with E-state index in [1.807, 2.05) is 13.8 Å². The summed E-state index contributed by atoms with van der Waals surface area (Å²) in [6, 6.07) is 4.10. The third-order valence-corrected chi connectivity index (χ3v) is 6.04. The lowest BCUT2D eigenvalue weighted by molar-refractivity contribution is 0.260. The number of benzene rings is 1. The molecule has 1 aliphatic heterocycles. The van der Waals surface area contributed by atoms with E-state index in [0.717, 1.165) is 40.3 Å². The number of nitrogens with zero attached hydrogens (tertiary/aromatic N) is 2. The zero-order chi connectivity index (χ0) is 19.8. The molecule has 4 rings (SSSR count). The molecule has 1 aromatic carbocycles. The minimum absolute atomic E-state index is 0.243. The van der Waals surface area contributed by atoms with Crippen LogP contribution in [0.15, 0.2) is 22.0 Å². The lowest BCUT2D eigenvalue weighted by atomic mass is 10.0. The topological polar surface area (TPSA) is 60.7 Å². The maximum absolute atomic E-state index is 5.92. The minimum Gasteiger partial charge on any atom is -0.490 e. The molecule has 148 valence electrons. The monoisotopic (exact) mass is 398 g/mol. The average molecular weight is 399 g/mol. The van der Waals surface area contributed by atoms with Crippen molar-refractivity contribution in [3.05, 3.63) is 39.8 Å². The Balaban J connectivity index is 1.58. The van der Waals surface area contributed by atoms with Crippen molar-refractivity contribution in [2.24, 2.45) is 5.92 Å². The number of hydrogen-bond acceptors (Lipinski definition) is 6. The van der Waals surface area contributed by atoms with Gasteiger partial charge in [0.15, 0.2) is 0 Å². The van der Waals surface area contributed by atoms with Crippen LogP contribution in [0.2, 0.25) is 0 Å². The molecule has 3 heterocycles. The first-order chi connectivity index (χ1) is 13.4. The van der Waals surface area contributed by atoms with Crippen LogP contribution in [0.3, 0.4) is 0 Å². The van der Waals surface area contributed by atoms with E-state index in [-0.39, 0.29) is 6.10 Å². The smallest absolute Gasteiger partial charge is 0.268 e. The van der Waals surface area contributed by atoms with Crippen LogP contribution >= 0.6 is 11.3 Å². The second-order valence-corrected chi connectivity index (χ2v) is 8.82. The van der Waals surface area contributed by atoms with Gasteiger partial charge in [-0.15, -0.1) is 11.3 Å². The molecule has 1 unspecified atom stereocenters. The summed E-state index contributed by atoms with van der Waals surface area (Å²) in [5.41, 5.74) is 5.67. The SMILES string of the molecule is Cc1cc(-c2noc(-c3scc(CC(C)C)c3C)n2)cc(C)c1OCC1CO1. The van der Waals surface area contributed by atoms with Crippen molar-refractivity contribution in [1.82, 2.24) is 10.1 Å². The minimum atomic E-state index is 0.243. The summed E-state index contributed by atoms with van der Waals surface area (Å²) in [4.78, 5) is 5.73. The molecule has 0 N–H and O–H groups in total. The van der Waals surface area contributed by atoms with E-state index in [9.17, 15) is 0 Å². The summed E-state index contributed by atoms with van der Waals surface area (Å²) in [7, 11) is 0. The highest BCUT2D eigenvalue weighted by Crippen LogP contribution is 2.35. The number of rotatable bonds is 7. The summed E-state index contributed by atoms with van der Waals surface area (Å²) >= 11 is 1.68. The molecule has 0 saturated carbocycles. The Morgan fingerprint density at radius 3 is 2.57 bits per heavy atom. The van der Waals surface area contributed by atoms with Gasteiger partial charge < -0.3 is 14.0 Å². The van der Waals surface area contributed by atoms with Gasteiger partial charge in [-0.05, 0) is 72.9 Å². The van der Waals surface area contributed by atoms with Gasteiger partial charge in [-0.25, -0.2) is 0 Å². The van der Waals surface area contributed by atoms with Crippen molar-refractivity contribution >= 4 is 11.3 Å². The Labute approximate surface area is 169 Å². The second-order valence-electron chi connectivity index (χ2n) is 7.94. The number of epoxide rings is 1. The molecule has 5 nitrogen and oxygen atoms in total. The first kappa shape index (κ1) is 19.2. The molecule has 0 bridgehead atoms. The van der Waals surface area contributed by atoms with Gasteiger partial charge >= 0.3 is 0 Å². The first-order valence-corrected chi connectivity index (χ1v) is 10.6. The Kier molecular flexibility index (Phi) is 5.25. The summed E-state index contributed by atoms with van der Waals surface area (Å²) in [5, 5.41) is 6.44. The highest BCUT2D eigenvalue weighted by Gasteiger charge is 2.24. The van der Waals surface area contributed by atoms with Gasteiger partial charge in [-0.1, -0.05) is 19.0 Å². The van der Waals surface area contributed by atoms with E-state index in [1.165, 1.54) is 11.1 Å². The zero-order valence-electron chi connectivity index (χ0n) is 17.0. The third-order valence-electron chi connectivity index (χ3n) is 4.92. The fourth-order valence-corrected chi connectivity index (χ4v) is 4.41. The Hall–Kier alpha value is -2.18. The highest BCUT2D eigenvalue weighted by atomic mass is 32.1. The summed E-state index contributed by atoms with van der Waals surface area (Å²) in [5.74, 6) is 2.73. The highest BCUT2D eigenvalue weighted by molar-refractivity contribution is 7.13. The molecule has 0 spiro atoms. The van der Waals surface area contributed by atoms with Gasteiger partial charge in [-0.2, -0.15) is 4.98 Å². The fourth-order valence-electron chi connectivity index (χ4n) is 3.39. The number of aromatic nitrogens is 2. The molecule has 0 aliphatic carbocycles. The van der Waals surface area contributed by atoms with Gasteiger partial charge in [0.2, 0.25) is 5.82 Å². The Bertz CT molecular complexity index is 963. The van der Waals surface area contributed by atoms with Crippen LogP contribution < -0.4 is 4.74 Å². The summed E-state index contributed by atoms with van der Waals surface area (Å²) in [6.07, 6.45) is 1.31. The maximum Gasteiger partial charge on any atom is 0.268 e. The molecule has 0 amide bonds. The molecule has 2 aromatic heterocycles. The molecule has 1 fully saturated rings. The molecule has 1 saturated heterocycles. The maximum atomic E-state index is 5.92. The van der Waals surface area contributed by atoms with Crippen LogP contribution in [0.25, 0.3) is 22.2 Å². The van der Waals surface area contributed by atoms with Gasteiger partial charge in [0.05, 0.1) is 11.5 Å². The molecular formula is C22H26N2O3S. The number of hydrogen-bond donors (Lipinski definition) is 0. The number of ether oxygens (including phenoxy) is 2. The lowest BCUT2D eigenvalue weighted by Gasteiger charge is -2.12. The molecular weight excluding hydrogens is 372 g/mol. The van der Waals surface area contributed by atoms with Crippen LogP contribution in [0.1, 0.15) is 36.1 Å². The fraction of sp³-hybridized carbons (Fsp3) is 0.455. The van der Waals surface area contributed by atoms with Crippen LogP contribution in [0, 0.1) is 26.7 Å². The first-order valence-electron chi connectivity index (χ1n) is 9.69. The lowest BCUT2D eigenvalue weighted by Crippen LogP contribution is -2.06. The van der Waals surface area contributed by atoms with E-state index in [4.69, 9.17) is 14.0 Å². The Morgan fingerprint density at radius 1 is 1.21 bits per heavy atom. The average Bonchev–Trinajstić information content (AvgIpc) is 3.21. The van der Waals surface area contributed by atoms with Crippen molar-refractivity contribution < 1.29 is 14.0 Å². The third kappa shape index (κ3) is 3.98. The predicted octanol–water partition coefficient (Wildman–Crippen LogP) is 5.37. The van der Waals surface area contributed by atoms with Crippen molar-refractivity contribution in [1.29, 1.82) is 0 Å². The van der Waals surface area contributed by atoms with Crippen LogP contribution in [0.4, 0.5) is 0 Å². The van der Waals surface area contributed by atoms with Crippen LogP contribution in [0.5, 0.6) is 5.75 Å². The van der Waals surface area contributed by atoms with Crippen molar-refractivity contribution in [3.8, 4) is 27.9 Å². The van der Waals surface area contributed by atoms with Gasteiger partial charge in [0.25, 0.3) is 5.89 Å². The number of aryl methyl sites for hydroxylation is 2. The normalized spacial score (nSPS) is 16.0. The zero-order valence-corrected chi connectivity index (χ0v) is 17.9. The molecule has 1 aliphatic rings. The summed E-state index contributed by atoms with van der Waals surface area (Å²) in [6.45, 7) is 12.1. The predicted molar refractivity (Wildman–Crippen MR) is 111 cm³/mol. The van der Waals surface area contributed by atoms with E-state index in [2.05, 4.69) is 48.4 Å². The van der Waals surface area contributed by atoms with Gasteiger partial charge in [-0.3, -0.25) is 0 Å². The Morgan fingerprint density at radius 2 is 1.93 bits per heavy atom. The van der Waals surface area contributed by atoms with E-state index in [1.54, 1.807) is 11.3 Å².